The number of H-pyrrole nitrogens is 1. The zero-order chi connectivity index (χ0) is 17.6. The van der Waals surface area contributed by atoms with Crippen LogP contribution < -0.4 is 0 Å². The van der Waals surface area contributed by atoms with Crippen LogP contribution in [0.4, 0.5) is 4.79 Å². The Balaban J connectivity index is 1.83. The van der Waals surface area contributed by atoms with E-state index < -0.39 is 5.60 Å². The molecule has 0 amide bonds. The Morgan fingerprint density at radius 2 is 1.88 bits per heavy atom. The molecule has 25 heavy (non-hydrogen) atoms. The van der Waals surface area contributed by atoms with Gasteiger partial charge in [-0.3, -0.25) is 4.57 Å². The van der Waals surface area contributed by atoms with Crippen LogP contribution in [-0.2, 0) is 4.74 Å². The van der Waals surface area contributed by atoms with Gasteiger partial charge in [-0.05, 0) is 45.0 Å². The van der Waals surface area contributed by atoms with E-state index >= 15 is 0 Å². The summed E-state index contributed by atoms with van der Waals surface area (Å²) in [7, 11) is 0. The summed E-state index contributed by atoms with van der Waals surface area (Å²) >= 11 is 0. The summed E-state index contributed by atoms with van der Waals surface area (Å²) in [5.41, 5.74) is 3.12. The summed E-state index contributed by atoms with van der Waals surface area (Å²) in [4.78, 5) is 20.5. The van der Waals surface area contributed by atoms with Gasteiger partial charge >= 0.3 is 6.09 Å². The number of para-hydroxylation sites is 2. The Kier molecular flexibility index (Phi) is 3.39. The third kappa shape index (κ3) is 2.78. The van der Waals surface area contributed by atoms with Gasteiger partial charge in [0, 0.05) is 17.1 Å². The minimum atomic E-state index is -0.538. The number of carbonyl (C=O) groups is 1. The van der Waals surface area contributed by atoms with Crippen molar-refractivity contribution in [2.45, 2.75) is 26.4 Å². The fraction of sp³-hybridized carbons (Fsp3) is 0.200. The molecule has 0 spiro atoms. The summed E-state index contributed by atoms with van der Waals surface area (Å²) < 4.78 is 7.02. The number of imidazole rings is 1. The number of hydrogen-bond donors (Lipinski definition) is 1. The lowest BCUT2D eigenvalue weighted by Gasteiger charge is -2.19. The van der Waals surface area contributed by atoms with Gasteiger partial charge in [0.1, 0.15) is 11.4 Å². The van der Waals surface area contributed by atoms with Crippen LogP contribution in [0.15, 0.2) is 54.7 Å². The van der Waals surface area contributed by atoms with E-state index in [0.717, 1.165) is 33.3 Å². The fourth-order valence-corrected chi connectivity index (χ4v) is 2.92. The lowest BCUT2D eigenvalue weighted by Crippen LogP contribution is -2.26. The minimum Gasteiger partial charge on any atom is -0.443 e. The molecule has 2 aromatic carbocycles. The quantitative estimate of drug-likeness (QED) is 0.535. The Labute approximate surface area is 145 Å². The second kappa shape index (κ2) is 5.48. The molecule has 5 heteroatoms. The van der Waals surface area contributed by atoms with Crippen LogP contribution >= 0.6 is 0 Å². The van der Waals surface area contributed by atoms with Gasteiger partial charge in [-0.15, -0.1) is 0 Å². The average Bonchev–Trinajstić information content (AvgIpc) is 3.16. The molecule has 0 radical (unpaired) electrons. The highest BCUT2D eigenvalue weighted by molar-refractivity contribution is 5.99. The van der Waals surface area contributed by atoms with Crippen molar-refractivity contribution in [1.82, 2.24) is 14.5 Å². The van der Waals surface area contributed by atoms with Gasteiger partial charge in [0.25, 0.3) is 0 Å². The third-order valence-electron chi connectivity index (χ3n) is 3.97. The van der Waals surface area contributed by atoms with E-state index in [1.165, 1.54) is 4.57 Å². The molecule has 0 aliphatic carbocycles. The fourth-order valence-electron chi connectivity index (χ4n) is 2.92. The maximum absolute atomic E-state index is 12.4. The largest absolute Gasteiger partial charge is 0.443 e. The van der Waals surface area contributed by atoms with Gasteiger partial charge in [-0.2, -0.15) is 0 Å². The van der Waals surface area contributed by atoms with E-state index in [2.05, 4.69) is 9.97 Å². The van der Waals surface area contributed by atoms with Crippen LogP contribution in [0.25, 0.3) is 33.3 Å². The lowest BCUT2D eigenvalue weighted by molar-refractivity contribution is 0.0544. The van der Waals surface area contributed by atoms with Crippen LogP contribution in [0, 0.1) is 0 Å². The van der Waals surface area contributed by atoms with Crippen molar-refractivity contribution in [3.05, 3.63) is 54.7 Å². The summed E-state index contributed by atoms with van der Waals surface area (Å²) in [6, 6.07) is 15.7. The van der Waals surface area contributed by atoms with Crippen LogP contribution in [-0.4, -0.2) is 26.2 Å². The van der Waals surface area contributed by atoms with Gasteiger partial charge in [0.15, 0.2) is 0 Å². The molecule has 1 N–H and O–H groups in total. The minimum absolute atomic E-state index is 0.385. The summed E-state index contributed by atoms with van der Waals surface area (Å²) in [6.07, 6.45) is 1.36. The van der Waals surface area contributed by atoms with Crippen molar-refractivity contribution >= 4 is 28.0 Å². The molecular weight excluding hydrogens is 314 g/mol. The van der Waals surface area contributed by atoms with Crippen LogP contribution in [0.2, 0.25) is 0 Å². The second-order valence-electron chi connectivity index (χ2n) is 7.01. The van der Waals surface area contributed by atoms with Crippen molar-refractivity contribution in [1.29, 1.82) is 0 Å². The first-order valence-electron chi connectivity index (χ1n) is 8.21. The Bertz CT molecular complexity index is 1050. The molecule has 0 saturated carbocycles. The van der Waals surface area contributed by atoms with Crippen LogP contribution in [0.5, 0.6) is 0 Å². The highest BCUT2D eigenvalue weighted by Gasteiger charge is 2.20. The molecule has 0 atom stereocenters. The Morgan fingerprint density at radius 1 is 1.08 bits per heavy atom. The molecule has 0 bridgehead atoms. The number of rotatable bonds is 1. The maximum atomic E-state index is 12.4. The van der Waals surface area contributed by atoms with Crippen molar-refractivity contribution in [3.8, 4) is 11.4 Å². The SMILES string of the molecule is CC(C)(C)OC(=O)n1ccc2c(-c3nc4ccccc4[nH]3)cccc21. The zero-order valence-electron chi connectivity index (χ0n) is 14.4. The highest BCUT2D eigenvalue weighted by atomic mass is 16.6. The summed E-state index contributed by atoms with van der Waals surface area (Å²) in [6.45, 7) is 5.57. The number of aromatic nitrogens is 3. The maximum Gasteiger partial charge on any atom is 0.418 e. The van der Waals surface area contributed by atoms with E-state index in [0.29, 0.717) is 0 Å². The molecule has 0 unspecified atom stereocenters. The number of fused-ring (bicyclic) bond motifs is 2. The number of hydrogen-bond acceptors (Lipinski definition) is 3. The van der Waals surface area contributed by atoms with Gasteiger partial charge < -0.3 is 9.72 Å². The van der Waals surface area contributed by atoms with Gasteiger partial charge in [0.05, 0.1) is 16.6 Å². The van der Waals surface area contributed by atoms with Crippen molar-refractivity contribution in [2.75, 3.05) is 0 Å². The van der Waals surface area contributed by atoms with Crippen LogP contribution in [0.3, 0.4) is 0 Å². The number of aromatic amines is 1. The number of carbonyl (C=O) groups excluding carboxylic acids is 1. The zero-order valence-corrected chi connectivity index (χ0v) is 14.4. The number of benzene rings is 2. The predicted molar refractivity (Wildman–Crippen MR) is 98.7 cm³/mol. The Hall–Kier alpha value is -3.08. The van der Waals surface area contributed by atoms with Crippen molar-refractivity contribution in [2.24, 2.45) is 0 Å². The smallest absolute Gasteiger partial charge is 0.418 e. The topological polar surface area (TPSA) is 59.9 Å². The average molecular weight is 333 g/mol. The normalized spacial score (nSPS) is 12.0. The van der Waals surface area contributed by atoms with Gasteiger partial charge in [-0.1, -0.05) is 24.3 Å². The van der Waals surface area contributed by atoms with Crippen molar-refractivity contribution < 1.29 is 9.53 Å². The summed E-state index contributed by atoms with van der Waals surface area (Å²) in [5, 5.41) is 0.951. The van der Waals surface area contributed by atoms with E-state index in [-0.39, 0.29) is 6.09 Å². The van der Waals surface area contributed by atoms with Gasteiger partial charge in [-0.25, -0.2) is 9.78 Å². The van der Waals surface area contributed by atoms with Gasteiger partial charge in [0.2, 0.25) is 0 Å². The van der Waals surface area contributed by atoms with E-state index in [9.17, 15) is 4.79 Å². The molecule has 2 aromatic heterocycles. The van der Waals surface area contributed by atoms with Crippen LogP contribution in [0.1, 0.15) is 20.8 Å². The standard InChI is InChI=1S/C20H19N3O2/c1-20(2,3)25-19(24)23-12-11-13-14(7-6-10-17(13)23)18-21-15-8-4-5-9-16(15)22-18/h4-12H,1-3H3,(H,21,22). The lowest BCUT2D eigenvalue weighted by atomic mass is 10.1. The number of nitrogens with one attached hydrogen (secondary N) is 1. The molecule has 0 saturated heterocycles. The molecule has 126 valence electrons. The molecular formula is C20H19N3O2. The Morgan fingerprint density at radius 3 is 2.64 bits per heavy atom. The molecule has 0 aliphatic rings. The number of ether oxygens (including phenoxy) is 1. The first-order chi connectivity index (χ1) is 11.9. The predicted octanol–water partition coefficient (Wildman–Crippen LogP) is 4.97. The van der Waals surface area contributed by atoms with E-state index in [1.807, 2.05) is 69.3 Å². The van der Waals surface area contributed by atoms with E-state index in [1.54, 1.807) is 6.20 Å². The van der Waals surface area contributed by atoms with Crippen molar-refractivity contribution in [3.63, 3.8) is 0 Å². The second-order valence-corrected chi connectivity index (χ2v) is 7.01. The highest BCUT2D eigenvalue weighted by Crippen LogP contribution is 2.29. The molecule has 0 aliphatic heterocycles. The summed E-state index contributed by atoms with van der Waals surface area (Å²) in [5.74, 6) is 0.786. The number of nitrogens with zero attached hydrogens (tertiary/aromatic N) is 2. The first-order valence-corrected chi connectivity index (χ1v) is 8.21. The molecule has 4 aromatic rings. The van der Waals surface area contributed by atoms with E-state index in [4.69, 9.17) is 4.74 Å². The molecule has 2 heterocycles. The molecule has 5 nitrogen and oxygen atoms in total. The molecule has 0 fully saturated rings. The first kappa shape index (κ1) is 15.4. The third-order valence-corrected chi connectivity index (χ3v) is 3.97. The monoisotopic (exact) mass is 333 g/mol. The molecule has 4 rings (SSSR count).